The van der Waals surface area contributed by atoms with Crippen molar-refractivity contribution in [2.45, 2.75) is 0 Å². The average Bonchev–Trinajstić information content (AvgIpc) is 3.22. The van der Waals surface area contributed by atoms with Gasteiger partial charge in [0.1, 0.15) is 11.5 Å². The molecule has 4 rings (SSSR count). The Morgan fingerprint density at radius 2 is 1.90 bits per heavy atom. The molecule has 9 nitrogen and oxygen atoms in total. The van der Waals surface area contributed by atoms with Crippen molar-refractivity contribution in [3.63, 3.8) is 0 Å². The lowest BCUT2D eigenvalue weighted by Gasteiger charge is -2.09. The molecule has 3 N–H and O–H groups in total. The van der Waals surface area contributed by atoms with Crippen molar-refractivity contribution < 1.29 is 28.5 Å². The van der Waals surface area contributed by atoms with Crippen LogP contribution >= 0.6 is 0 Å². The molecule has 2 amide bonds. The van der Waals surface area contributed by atoms with E-state index in [1.54, 1.807) is 48.5 Å². The smallest absolute Gasteiger partial charge is 0.262 e. The summed E-state index contributed by atoms with van der Waals surface area (Å²) in [4.78, 5) is 27.5. The zero-order chi connectivity index (χ0) is 20.9. The van der Waals surface area contributed by atoms with Crippen molar-refractivity contribution in [3.05, 3.63) is 66.4 Å². The van der Waals surface area contributed by atoms with Gasteiger partial charge in [0.15, 0.2) is 18.1 Å². The first-order valence-corrected chi connectivity index (χ1v) is 8.93. The van der Waals surface area contributed by atoms with Crippen molar-refractivity contribution in [3.8, 4) is 28.9 Å². The summed E-state index contributed by atoms with van der Waals surface area (Å²) in [5.74, 6) is 1.54. The number of fused-ring (bicyclic) bond motifs is 1. The molecule has 30 heavy (non-hydrogen) atoms. The van der Waals surface area contributed by atoms with E-state index in [9.17, 15) is 9.59 Å². The Balaban J connectivity index is 1.30. The Labute approximate surface area is 171 Å². The van der Waals surface area contributed by atoms with E-state index in [-0.39, 0.29) is 19.3 Å². The predicted octanol–water partition coefficient (Wildman–Crippen LogP) is 2.72. The number of nitrogens with one attached hydrogen (secondary N) is 1. The van der Waals surface area contributed by atoms with Crippen LogP contribution in [0.25, 0.3) is 0 Å². The Morgan fingerprint density at radius 1 is 1.03 bits per heavy atom. The Morgan fingerprint density at radius 3 is 2.70 bits per heavy atom. The highest BCUT2D eigenvalue weighted by Gasteiger charge is 2.14. The molecule has 0 radical (unpaired) electrons. The van der Waals surface area contributed by atoms with Crippen LogP contribution in [0.1, 0.15) is 10.4 Å². The minimum atomic E-state index is -0.547. The number of hydrogen-bond donors (Lipinski definition) is 2. The van der Waals surface area contributed by atoms with Gasteiger partial charge in [-0.2, -0.15) is 0 Å². The molecule has 9 heteroatoms. The first-order chi connectivity index (χ1) is 14.6. The van der Waals surface area contributed by atoms with Crippen molar-refractivity contribution in [1.82, 2.24) is 4.98 Å². The van der Waals surface area contributed by atoms with Gasteiger partial charge in [-0.3, -0.25) is 9.59 Å². The zero-order valence-electron chi connectivity index (χ0n) is 15.7. The molecule has 152 valence electrons. The van der Waals surface area contributed by atoms with E-state index in [4.69, 9.17) is 24.7 Å². The normalized spacial score (nSPS) is 11.6. The highest BCUT2D eigenvalue weighted by atomic mass is 16.7. The number of nitrogens with two attached hydrogens (primary N) is 1. The van der Waals surface area contributed by atoms with Crippen LogP contribution in [0.15, 0.2) is 60.8 Å². The number of nitrogens with zero attached hydrogens (tertiary/aromatic N) is 1. The molecule has 0 spiro atoms. The van der Waals surface area contributed by atoms with E-state index in [1.165, 1.54) is 12.3 Å². The minimum absolute atomic E-state index is 0.169. The van der Waals surface area contributed by atoms with Gasteiger partial charge in [-0.05, 0) is 36.4 Å². The van der Waals surface area contributed by atoms with E-state index < -0.39 is 5.91 Å². The number of aromatic nitrogens is 1. The number of carbonyl (C=O) groups is 2. The van der Waals surface area contributed by atoms with Gasteiger partial charge in [-0.1, -0.05) is 6.07 Å². The maximum atomic E-state index is 12.1. The van der Waals surface area contributed by atoms with E-state index in [1.807, 2.05) is 0 Å². The fourth-order valence-electron chi connectivity index (χ4n) is 2.66. The van der Waals surface area contributed by atoms with Gasteiger partial charge in [0.2, 0.25) is 18.6 Å². The lowest BCUT2D eigenvalue weighted by atomic mass is 10.2. The van der Waals surface area contributed by atoms with Crippen LogP contribution in [-0.2, 0) is 4.79 Å². The lowest BCUT2D eigenvalue weighted by Crippen LogP contribution is -2.20. The third-order valence-corrected chi connectivity index (χ3v) is 4.08. The van der Waals surface area contributed by atoms with E-state index in [2.05, 4.69) is 10.3 Å². The van der Waals surface area contributed by atoms with Crippen molar-refractivity contribution >= 4 is 17.5 Å². The second kappa shape index (κ2) is 8.39. The number of amides is 2. The molecular formula is C21H17N3O6. The summed E-state index contributed by atoms with van der Waals surface area (Å²) in [6.45, 7) is -0.0135. The fraction of sp³-hybridized carbons (Fsp3) is 0.0952. The number of rotatable bonds is 7. The molecule has 0 fully saturated rings. The second-order valence-corrected chi connectivity index (χ2v) is 6.23. The summed E-state index contributed by atoms with van der Waals surface area (Å²) in [6, 6.07) is 14.8. The van der Waals surface area contributed by atoms with Crippen LogP contribution < -0.4 is 30.0 Å². The Hall–Kier alpha value is -4.27. The number of hydrogen-bond acceptors (Lipinski definition) is 7. The number of anilines is 1. The van der Waals surface area contributed by atoms with Gasteiger partial charge in [-0.25, -0.2) is 4.98 Å². The number of pyridine rings is 1. The van der Waals surface area contributed by atoms with Gasteiger partial charge in [0.25, 0.3) is 5.91 Å². The number of benzene rings is 2. The average molecular weight is 407 g/mol. The highest BCUT2D eigenvalue weighted by molar-refractivity contribution is 5.93. The number of carbonyl (C=O) groups excluding carboxylic acids is 2. The first kappa shape index (κ1) is 19.1. The second-order valence-electron chi connectivity index (χ2n) is 6.23. The van der Waals surface area contributed by atoms with E-state index in [0.717, 1.165) is 0 Å². The van der Waals surface area contributed by atoms with Gasteiger partial charge >= 0.3 is 0 Å². The molecule has 1 aromatic heterocycles. The molecule has 0 atom stereocenters. The number of ether oxygens (including phenoxy) is 4. The van der Waals surface area contributed by atoms with Gasteiger partial charge < -0.3 is 30.0 Å². The predicted molar refractivity (Wildman–Crippen MR) is 106 cm³/mol. The van der Waals surface area contributed by atoms with Crippen LogP contribution in [-0.4, -0.2) is 30.2 Å². The monoisotopic (exact) mass is 407 g/mol. The summed E-state index contributed by atoms with van der Waals surface area (Å²) >= 11 is 0. The Kier molecular flexibility index (Phi) is 5.33. The van der Waals surface area contributed by atoms with Crippen LogP contribution in [0, 0.1) is 0 Å². The van der Waals surface area contributed by atoms with E-state index in [0.29, 0.717) is 40.1 Å². The molecule has 3 aromatic rings. The molecule has 0 bridgehead atoms. The van der Waals surface area contributed by atoms with Crippen LogP contribution in [0.4, 0.5) is 5.69 Å². The molecule has 1 aliphatic rings. The molecule has 0 aliphatic carbocycles. The van der Waals surface area contributed by atoms with Gasteiger partial charge in [0, 0.05) is 17.7 Å². The number of primary amides is 1. The van der Waals surface area contributed by atoms with Crippen LogP contribution in [0.5, 0.6) is 28.9 Å². The maximum Gasteiger partial charge on any atom is 0.262 e. The summed E-state index contributed by atoms with van der Waals surface area (Å²) in [7, 11) is 0. The van der Waals surface area contributed by atoms with Gasteiger partial charge in [0.05, 0.1) is 11.9 Å². The first-order valence-electron chi connectivity index (χ1n) is 8.93. The standard InChI is InChI=1S/C21H17N3O6/c22-21(26)13-2-1-3-16(8-13)30-20-7-4-14(10-23-20)24-19(25)11-27-15-5-6-17-18(9-15)29-12-28-17/h1-10H,11-12H2,(H2,22,26)(H,24,25). The quantitative estimate of drug-likeness (QED) is 0.617. The van der Waals surface area contributed by atoms with Gasteiger partial charge in [-0.15, -0.1) is 0 Å². The third kappa shape index (κ3) is 4.58. The lowest BCUT2D eigenvalue weighted by molar-refractivity contribution is -0.118. The fourth-order valence-corrected chi connectivity index (χ4v) is 2.66. The van der Waals surface area contributed by atoms with Crippen LogP contribution in [0.2, 0.25) is 0 Å². The largest absolute Gasteiger partial charge is 0.484 e. The Bertz CT molecular complexity index is 1080. The molecular weight excluding hydrogens is 390 g/mol. The summed E-state index contributed by atoms with van der Waals surface area (Å²) in [5.41, 5.74) is 6.07. The molecule has 0 saturated carbocycles. The molecule has 1 aliphatic heterocycles. The topological polar surface area (TPSA) is 122 Å². The van der Waals surface area contributed by atoms with Crippen molar-refractivity contribution in [1.29, 1.82) is 0 Å². The maximum absolute atomic E-state index is 12.1. The molecule has 0 saturated heterocycles. The molecule has 2 heterocycles. The highest BCUT2D eigenvalue weighted by Crippen LogP contribution is 2.35. The third-order valence-electron chi connectivity index (χ3n) is 4.08. The van der Waals surface area contributed by atoms with E-state index >= 15 is 0 Å². The molecule has 0 unspecified atom stereocenters. The summed E-state index contributed by atoms with van der Waals surface area (Å²) in [6.07, 6.45) is 1.45. The summed E-state index contributed by atoms with van der Waals surface area (Å²) < 4.78 is 21.6. The summed E-state index contributed by atoms with van der Waals surface area (Å²) in [5, 5.41) is 2.68. The SMILES string of the molecule is NC(=O)c1cccc(Oc2ccc(NC(=O)COc3ccc4c(c3)OCO4)cn2)c1. The molecule has 2 aromatic carbocycles. The van der Waals surface area contributed by atoms with Crippen LogP contribution in [0.3, 0.4) is 0 Å². The zero-order valence-corrected chi connectivity index (χ0v) is 15.7. The van der Waals surface area contributed by atoms with Crippen molar-refractivity contribution in [2.75, 3.05) is 18.7 Å². The minimum Gasteiger partial charge on any atom is -0.484 e. The van der Waals surface area contributed by atoms with Crippen molar-refractivity contribution in [2.24, 2.45) is 5.73 Å².